The second kappa shape index (κ2) is 4.54. The molecule has 3 nitrogen and oxygen atoms in total. The zero-order valence-corrected chi connectivity index (χ0v) is 11.7. The van der Waals surface area contributed by atoms with Gasteiger partial charge in [0.2, 0.25) is 0 Å². The Balaban J connectivity index is 1.70. The lowest BCUT2D eigenvalue weighted by atomic mass is 9.74. The van der Waals surface area contributed by atoms with Gasteiger partial charge in [0.1, 0.15) is 5.82 Å². The van der Waals surface area contributed by atoms with Crippen molar-refractivity contribution >= 4 is 0 Å². The Kier molecular flexibility index (Phi) is 3.07. The average molecular weight is 275 g/mol. The van der Waals surface area contributed by atoms with Gasteiger partial charge in [-0.2, -0.15) is 5.26 Å². The van der Waals surface area contributed by atoms with Gasteiger partial charge in [0.25, 0.3) is 0 Å². The molecule has 3 rings (SSSR count). The lowest BCUT2D eigenvalue weighted by Gasteiger charge is -2.31. The van der Waals surface area contributed by atoms with Crippen LogP contribution in [0.15, 0.2) is 24.3 Å². The molecule has 0 aromatic heterocycles. The molecule has 4 atom stereocenters. The van der Waals surface area contributed by atoms with Crippen molar-refractivity contribution in [2.75, 3.05) is 0 Å². The maximum Gasteiger partial charge on any atom is 0.128 e. The Bertz CT molecular complexity index is 570. The fourth-order valence-electron chi connectivity index (χ4n) is 3.45. The summed E-state index contributed by atoms with van der Waals surface area (Å²) < 4.78 is 25.5. The van der Waals surface area contributed by atoms with Gasteiger partial charge in [-0.05, 0) is 26.3 Å². The third kappa shape index (κ3) is 2.02. The van der Waals surface area contributed by atoms with Crippen LogP contribution >= 0.6 is 0 Å². The quantitative estimate of drug-likeness (QED) is 0.850. The maximum absolute atomic E-state index is 13.6. The summed E-state index contributed by atoms with van der Waals surface area (Å²) in [5.41, 5.74) is -0.301. The van der Waals surface area contributed by atoms with Crippen molar-refractivity contribution in [3.05, 3.63) is 35.6 Å². The van der Waals surface area contributed by atoms with Crippen LogP contribution in [0.1, 0.15) is 32.3 Å². The molecule has 2 aliphatic heterocycles. The standard InChI is InChI=1S/C16H18FNO2/c1-15-8-14(16(2,20-15)7-12(15)9-18)19-10-11-5-3-4-6-13(11)17/h3-6,12,14H,7-8,10H2,1-2H3. The summed E-state index contributed by atoms with van der Waals surface area (Å²) in [5, 5.41) is 9.18. The van der Waals surface area contributed by atoms with Gasteiger partial charge >= 0.3 is 0 Å². The van der Waals surface area contributed by atoms with Crippen molar-refractivity contribution in [1.29, 1.82) is 5.26 Å². The van der Waals surface area contributed by atoms with E-state index in [0.717, 1.165) is 0 Å². The molecule has 4 heteroatoms. The van der Waals surface area contributed by atoms with Crippen LogP contribution in [-0.2, 0) is 16.1 Å². The molecule has 2 saturated heterocycles. The molecule has 2 fully saturated rings. The predicted molar refractivity (Wildman–Crippen MR) is 71.2 cm³/mol. The van der Waals surface area contributed by atoms with Crippen molar-refractivity contribution in [2.45, 2.75) is 50.6 Å². The van der Waals surface area contributed by atoms with Gasteiger partial charge in [-0.1, -0.05) is 18.2 Å². The number of nitriles is 1. The van der Waals surface area contributed by atoms with Crippen molar-refractivity contribution in [1.82, 2.24) is 0 Å². The summed E-state index contributed by atoms with van der Waals surface area (Å²) in [5.74, 6) is -0.330. The van der Waals surface area contributed by atoms with Gasteiger partial charge in [-0.25, -0.2) is 4.39 Å². The number of benzene rings is 1. The van der Waals surface area contributed by atoms with Crippen LogP contribution in [0.2, 0.25) is 0 Å². The van der Waals surface area contributed by atoms with Gasteiger partial charge in [-0.3, -0.25) is 0 Å². The van der Waals surface area contributed by atoms with Crippen LogP contribution in [0.25, 0.3) is 0 Å². The van der Waals surface area contributed by atoms with E-state index in [4.69, 9.17) is 9.47 Å². The molecule has 2 heterocycles. The van der Waals surface area contributed by atoms with Gasteiger partial charge in [0, 0.05) is 12.0 Å². The molecule has 2 aliphatic rings. The van der Waals surface area contributed by atoms with E-state index in [1.807, 2.05) is 13.8 Å². The molecule has 4 unspecified atom stereocenters. The smallest absolute Gasteiger partial charge is 0.128 e. The minimum atomic E-state index is -0.430. The minimum Gasteiger partial charge on any atom is -0.370 e. The normalized spacial score (nSPS) is 38.9. The second-order valence-corrected chi connectivity index (χ2v) is 6.21. The third-order valence-corrected chi connectivity index (χ3v) is 4.64. The van der Waals surface area contributed by atoms with Gasteiger partial charge < -0.3 is 9.47 Å². The topological polar surface area (TPSA) is 42.2 Å². The fraction of sp³-hybridized carbons (Fsp3) is 0.562. The first-order valence-corrected chi connectivity index (χ1v) is 6.92. The zero-order valence-electron chi connectivity index (χ0n) is 11.7. The molecule has 2 bridgehead atoms. The maximum atomic E-state index is 13.6. The largest absolute Gasteiger partial charge is 0.370 e. The number of hydrogen-bond acceptors (Lipinski definition) is 3. The van der Waals surface area contributed by atoms with Crippen molar-refractivity contribution in [2.24, 2.45) is 5.92 Å². The second-order valence-electron chi connectivity index (χ2n) is 6.21. The first-order chi connectivity index (χ1) is 9.47. The summed E-state index contributed by atoms with van der Waals surface area (Å²) in [4.78, 5) is 0. The zero-order chi connectivity index (χ0) is 14.4. The molecular formula is C16H18FNO2. The van der Waals surface area contributed by atoms with Crippen LogP contribution in [0.3, 0.4) is 0 Å². The van der Waals surface area contributed by atoms with E-state index >= 15 is 0 Å². The molecule has 106 valence electrons. The summed E-state index contributed by atoms with van der Waals surface area (Å²) in [6, 6.07) is 8.95. The molecule has 0 amide bonds. The molecule has 0 N–H and O–H groups in total. The number of fused-ring (bicyclic) bond motifs is 2. The first-order valence-electron chi connectivity index (χ1n) is 6.92. The van der Waals surface area contributed by atoms with E-state index in [1.54, 1.807) is 18.2 Å². The molecule has 0 saturated carbocycles. The van der Waals surface area contributed by atoms with E-state index < -0.39 is 11.2 Å². The Hall–Kier alpha value is -1.44. The van der Waals surface area contributed by atoms with Crippen LogP contribution < -0.4 is 0 Å². The molecule has 0 radical (unpaired) electrons. The van der Waals surface area contributed by atoms with Crippen molar-refractivity contribution < 1.29 is 13.9 Å². The monoisotopic (exact) mass is 275 g/mol. The molecule has 0 aliphatic carbocycles. The van der Waals surface area contributed by atoms with Crippen molar-refractivity contribution in [3.63, 3.8) is 0 Å². The summed E-state index contributed by atoms with van der Waals surface area (Å²) in [6.07, 6.45) is 1.29. The lowest BCUT2D eigenvalue weighted by Crippen LogP contribution is -2.40. The Morgan fingerprint density at radius 3 is 2.70 bits per heavy atom. The van der Waals surface area contributed by atoms with Gasteiger partial charge in [0.15, 0.2) is 0 Å². The number of halogens is 1. The molecule has 1 aromatic carbocycles. The highest BCUT2D eigenvalue weighted by atomic mass is 19.1. The number of ether oxygens (including phenoxy) is 2. The van der Waals surface area contributed by atoms with Crippen LogP contribution in [0.4, 0.5) is 4.39 Å². The van der Waals surface area contributed by atoms with Gasteiger partial charge in [0.05, 0.1) is 35.9 Å². The van der Waals surface area contributed by atoms with Gasteiger partial charge in [-0.15, -0.1) is 0 Å². The summed E-state index contributed by atoms with van der Waals surface area (Å²) in [6.45, 7) is 4.20. The van der Waals surface area contributed by atoms with E-state index in [9.17, 15) is 9.65 Å². The molecule has 0 spiro atoms. The SMILES string of the molecule is CC12CC(OCc3ccccc3F)C(C)(CC1C#N)O2. The minimum absolute atomic E-state index is 0.0826. The average Bonchev–Trinajstić information content (AvgIpc) is 2.82. The van der Waals surface area contributed by atoms with E-state index in [-0.39, 0.29) is 24.4 Å². The number of rotatable bonds is 3. The highest BCUT2D eigenvalue weighted by molar-refractivity contribution is 5.18. The summed E-state index contributed by atoms with van der Waals surface area (Å²) in [7, 11) is 0. The van der Waals surface area contributed by atoms with Crippen molar-refractivity contribution in [3.8, 4) is 6.07 Å². The van der Waals surface area contributed by atoms with Crippen LogP contribution in [0, 0.1) is 23.1 Å². The van der Waals surface area contributed by atoms with Crippen LogP contribution in [-0.4, -0.2) is 17.3 Å². The van der Waals surface area contributed by atoms with E-state index in [2.05, 4.69) is 6.07 Å². The highest BCUT2D eigenvalue weighted by Crippen LogP contribution is 2.54. The first kappa shape index (κ1) is 13.5. The predicted octanol–water partition coefficient (Wildman–Crippen LogP) is 3.19. The van der Waals surface area contributed by atoms with Crippen LogP contribution in [0.5, 0.6) is 0 Å². The Labute approximate surface area is 118 Å². The fourth-order valence-corrected chi connectivity index (χ4v) is 3.45. The molecule has 1 aromatic rings. The third-order valence-electron chi connectivity index (χ3n) is 4.64. The highest BCUT2D eigenvalue weighted by Gasteiger charge is 2.62. The molecule has 20 heavy (non-hydrogen) atoms. The van der Waals surface area contributed by atoms with E-state index in [1.165, 1.54) is 6.07 Å². The lowest BCUT2D eigenvalue weighted by molar-refractivity contribution is -0.0833. The molecular weight excluding hydrogens is 257 g/mol. The summed E-state index contributed by atoms with van der Waals surface area (Å²) >= 11 is 0. The van der Waals surface area contributed by atoms with E-state index in [0.29, 0.717) is 18.4 Å². The number of hydrogen-bond donors (Lipinski definition) is 0. The number of nitrogens with zero attached hydrogens (tertiary/aromatic N) is 1. The Morgan fingerprint density at radius 2 is 2.10 bits per heavy atom. The Morgan fingerprint density at radius 1 is 1.35 bits per heavy atom.